The summed E-state index contributed by atoms with van der Waals surface area (Å²) in [4.78, 5) is 17.5. The number of carbonyl (C=O) groups is 1. The van der Waals surface area contributed by atoms with Gasteiger partial charge in [0.2, 0.25) is 0 Å². The average molecular weight is 349 g/mol. The number of carbonyl (C=O) groups excluding carboxylic acids is 1. The Labute approximate surface area is 152 Å². The van der Waals surface area contributed by atoms with E-state index in [1.165, 1.54) is 25.1 Å². The zero-order valence-corrected chi connectivity index (χ0v) is 14.8. The van der Waals surface area contributed by atoms with E-state index in [-0.39, 0.29) is 5.91 Å². The molecular formula is C20H23N5O. The van der Waals surface area contributed by atoms with Crippen LogP contribution in [0.2, 0.25) is 0 Å². The highest BCUT2D eigenvalue weighted by molar-refractivity contribution is 6.04. The van der Waals surface area contributed by atoms with Crippen LogP contribution in [0.1, 0.15) is 59.7 Å². The predicted molar refractivity (Wildman–Crippen MR) is 100 cm³/mol. The lowest BCUT2D eigenvalue weighted by atomic mass is 9.96. The van der Waals surface area contributed by atoms with E-state index in [9.17, 15) is 4.79 Å². The summed E-state index contributed by atoms with van der Waals surface area (Å²) >= 11 is 0. The van der Waals surface area contributed by atoms with Gasteiger partial charge in [-0.25, -0.2) is 4.98 Å². The zero-order valence-electron chi connectivity index (χ0n) is 14.8. The third kappa shape index (κ3) is 2.60. The van der Waals surface area contributed by atoms with Crippen LogP contribution in [0.15, 0.2) is 18.2 Å². The molecule has 0 saturated carbocycles. The Kier molecular flexibility index (Phi) is 3.76. The highest BCUT2D eigenvalue weighted by atomic mass is 16.1. The number of fused-ring (bicyclic) bond motifs is 4. The Hall–Kier alpha value is -2.63. The quantitative estimate of drug-likeness (QED) is 0.742. The van der Waals surface area contributed by atoms with Crippen molar-refractivity contribution in [1.82, 2.24) is 19.7 Å². The lowest BCUT2D eigenvalue weighted by Crippen LogP contribution is -2.15. The van der Waals surface area contributed by atoms with Crippen LogP contribution in [-0.2, 0) is 25.8 Å². The normalized spacial score (nSPS) is 16.8. The predicted octanol–water partition coefficient (Wildman–Crippen LogP) is 3.62. The van der Waals surface area contributed by atoms with Crippen molar-refractivity contribution >= 4 is 22.6 Å². The summed E-state index contributed by atoms with van der Waals surface area (Å²) in [5.74, 6) is 1.03. The van der Waals surface area contributed by atoms with Gasteiger partial charge in [-0.1, -0.05) is 6.42 Å². The standard InChI is InChI=1S/C20H23N5O/c26-20(19-14-6-3-4-7-15(14)23-24-19)21-13-9-10-17-16(12-13)22-18-8-2-1-5-11-25(17)18/h9-10,12H,1-8,11H2,(H,21,26)(H,23,24). The Bertz CT molecular complexity index is 984. The van der Waals surface area contributed by atoms with E-state index in [4.69, 9.17) is 4.98 Å². The van der Waals surface area contributed by atoms with Crippen molar-refractivity contribution in [2.45, 2.75) is 57.9 Å². The maximum Gasteiger partial charge on any atom is 0.276 e. The monoisotopic (exact) mass is 349 g/mol. The molecule has 1 amide bonds. The number of aromatic nitrogens is 4. The van der Waals surface area contributed by atoms with Gasteiger partial charge in [0.1, 0.15) is 5.82 Å². The topological polar surface area (TPSA) is 75.6 Å². The average Bonchev–Trinajstić information content (AvgIpc) is 3.15. The van der Waals surface area contributed by atoms with Crippen LogP contribution in [0.3, 0.4) is 0 Å². The third-order valence-electron chi connectivity index (χ3n) is 5.64. The first-order valence-electron chi connectivity index (χ1n) is 9.66. The van der Waals surface area contributed by atoms with Crippen molar-refractivity contribution in [3.05, 3.63) is 41.0 Å². The minimum atomic E-state index is -0.135. The molecule has 1 aliphatic heterocycles. The number of hydrogen-bond acceptors (Lipinski definition) is 3. The molecule has 2 aliphatic rings. The largest absolute Gasteiger partial charge is 0.328 e. The van der Waals surface area contributed by atoms with E-state index in [2.05, 4.69) is 26.1 Å². The van der Waals surface area contributed by atoms with Crippen LogP contribution in [0.4, 0.5) is 5.69 Å². The number of amides is 1. The molecule has 5 rings (SSSR count). The number of H-pyrrole nitrogens is 1. The Balaban J connectivity index is 1.43. The highest BCUT2D eigenvalue weighted by Crippen LogP contribution is 2.26. The number of benzene rings is 1. The van der Waals surface area contributed by atoms with E-state index in [0.29, 0.717) is 5.69 Å². The Morgan fingerprint density at radius 1 is 1.08 bits per heavy atom. The molecule has 0 spiro atoms. The Morgan fingerprint density at radius 2 is 1.96 bits per heavy atom. The highest BCUT2D eigenvalue weighted by Gasteiger charge is 2.22. The summed E-state index contributed by atoms with van der Waals surface area (Å²) in [6, 6.07) is 6.03. The third-order valence-corrected chi connectivity index (χ3v) is 5.64. The van der Waals surface area contributed by atoms with Gasteiger partial charge in [0.15, 0.2) is 5.69 Å². The van der Waals surface area contributed by atoms with E-state index in [0.717, 1.165) is 66.6 Å². The van der Waals surface area contributed by atoms with Gasteiger partial charge in [0.25, 0.3) is 5.91 Å². The van der Waals surface area contributed by atoms with E-state index in [1.807, 2.05) is 12.1 Å². The van der Waals surface area contributed by atoms with Gasteiger partial charge in [-0.3, -0.25) is 9.89 Å². The second kappa shape index (κ2) is 6.27. The molecule has 134 valence electrons. The van der Waals surface area contributed by atoms with Crippen LogP contribution in [0.25, 0.3) is 11.0 Å². The van der Waals surface area contributed by atoms with Crippen LogP contribution in [-0.4, -0.2) is 25.7 Å². The first-order valence-corrected chi connectivity index (χ1v) is 9.66. The molecule has 2 N–H and O–H groups in total. The maximum atomic E-state index is 12.7. The Morgan fingerprint density at radius 3 is 2.92 bits per heavy atom. The number of nitrogens with zero attached hydrogens (tertiary/aromatic N) is 3. The summed E-state index contributed by atoms with van der Waals surface area (Å²) in [6.45, 7) is 1.04. The summed E-state index contributed by atoms with van der Waals surface area (Å²) < 4.78 is 2.33. The number of anilines is 1. The second-order valence-electron chi connectivity index (χ2n) is 7.38. The van der Waals surface area contributed by atoms with Crippen LogP contribution < -0.4 is 5.32 Å². The van der Waals surface area contributed by atoms with Crippen LogP contribution in [0, 0.1) is 0 Å². The SMILES string of the molecule is O=C(Nc1ccc2c(c1)nc1n2CCCCC1)c1n[nH]c2c1CCCC2. The lowest BCUT2D eigenvalue weighted by Gasteiger charge is -2.11. The smallest absolute Gasteiger partial charge is 0.276 e. The molecule has 0 bridgehead atoms. The minimum absolute atomic E-state index is 0.135. The van der Waals surface area contributed by atoms with Crippen LogP contribution >= 0.6 is 0 Å². The first-order chi connectivity index (χ1) is 12.8. The van der Waals surface area contributed by atoms with Gasteiger partial charge in [-0.05, 0) is 56.7 Å². The van der Waals surface area contributed by atoms with Gasteiger partial charge in [-0.2, -0.15) is 5.10 Å². The molecule has 0 radical (unpaired) electrons. The molecule has 6 heteroatoms. The minimum Gasteiger partial charge on any atom is -0.328 e. The van der Waals surface area contributed by atoms with Crippen molar-refractivity contribution in [3.63, 3.8) is 0 Å². The number of aromatic amines is 1. The van der Waals surface area contributed by atoms with Crippen LogP contribution in [0.5, 0.6) is 0 Å². The first kappa shape index (κ1) is 15.6. The van der Waals surface area contributed by atoms with E-state index < -0.39 is 0 Å². The van der Waals surface area contributed by atoms with Gasteiger partial charge >= 0.3 is 0 Å². The maximum absolute atomic E-state index is 12.7. The number of imidazole rings is 1. The molecule has 1 aromatic carbocycles. The fourth-order valence-electron chi connectivity index (χ4n) is 4.29. The second-order valence-corrected chi connectivity index (χ2v) is 7.38. The number of rotatable bonds is 2. The molecule has 6 nitrogen and oxygen atoms in total. The summed E-state index contributed by atoms with van der Waals surface area (Å²) in [5.41, 5.74) is 5.66. The molecule has 3 aromatic rings. The van der Waals surface area contributed by atoms with Crippen molar-refractivity contribution < 1.29 is 4.79 Å². The van der Waals surface area contributed by atoms with Crippen molar-refractivity contribution in [2.24, 2.45) is 0 Å². The lowest BCUT2D eigenvalue weighted by molar-refractivity contribution is 0.102. The molecule has 26 heavy (non-hydrogen) atoms. The van der Waals surface area contributed by atoms with Gasteiger partial charge < -0.3 is 9.88 Å². The van der Waals surface area contributed by atoms with E-state index >= 15 is 0 Å². The summed E-state index contributed by atoms with van der Waals surface area (Å²) in [6.07, 6.45) is 8.93. The fraction of sp³-hybridized carbons (Fsp3) is 0.450. The van der Waals surface area contributed by atoms with Gasteiger partial charge in [0.05, 0.1) is 11.0 Å². The van der Waals surface area contributed by atoms with Crippen molar-refractivity contribution in [2.75, 3.05) is 5.32 Å². The molecular weight excluding hydrogens is 326 g/mol. The molecule has 2 aromatic heterocycles. The molecule has 0 unspecified atom stereocenters. The number of hydrogen-bond donors (Lipinski definition) is 2. The summed E-state index contributed by atoms with van der Waals surface area (Å²) in [7, 11) is 0. The number of aryl methyl sites for hydroxylation is 3. The number of nitrogens with one attached hydrogen (secondary N) is 2. The van der Waals surface area contributed by atoms with Crippen molar-refractivity contribution in [3.8, 4) is 0 Å². The molecule has 3 heterocycles. The molecule has 0 saturated heterocycles. The zero-order chi connectivity index (χ0) is 17.5. The fourth-order valence-corrected chi connectivity index (χ4v) is 4.29. The van der Waals surface area contributed by atoms with Crippen molar-refractivity contribution in [1.29, 1.82) is 0 Å². The molecule has 1 aliphatic carbocycles. The molecule has 0 fully saturated rings. The van der Waals surface area contributed by atoms with Gasteiger partial charge in [-0.15, -0.1) is 0 Å². The van der Waals surface area contributed by atoms with E-state index in [1.54, 1.807) is 0 Å². The summed E-state index contributed by atoms with van der Waals surface area (Å²) in [5, 5.41) is 10.3. The van der Waals surface area contributed by atoms with Gasteiger partial charge in [0, 0.05) is 29.9 Å². The molecule has 0 atom stereocenters.